The summed E-state index contributed by atoms with van der Waals surface area (Å²) in [6, 6.07) is 27.5. The minimum Gasteiger partial charge on any atom is -0.366 e. The van der Waals surface area contributed by atoms with Gasteiger partial charge in [0.25, 0.3) is 0 Å². The highest BCUT2D eigenvalue weighted by atomic mass is 19.1. The van der Waals surface area contributed by atoms with Gasteiger partial charge in [-0.3, -0.25) is 4.79 Å². The summed E-state index contributed by atoms with van der Waals surface area (Å²) < 4.78 is 43.9. The van der Waals surface area contributed by atoms with Gasteiger partial charge in [-0.05, 0) is 59.2 Å². The minimum absolute atomic E-state index is 0.00266. The second-order valence-corrected chi connectivity index (χ2v) is 10.5. The number of hydrogen-bond acceptors (Lipinski definition) is 2. The summed E-state index contributed by atoms with van der Waals surface area (Å²) in [4.78, 5) is 17.5. The number of halogens is 3. The molecule has 6 rings (SSSR count). The van der Waals surface area contributed by atoms with Crippen molar-refractivity contribution >= 4 is 22.5 Å². The molecular weight excluding hydrogens is 523 g/mol. The molecule has 208 valence electrons. The molecule has 1 saturated heterocycles. The molecule has 1 atom stereocenters. The van der Waals surface area contributed by atoms with Gasteiger partial charge in [-0.1, -0.05) is 54.6 Å². The van der Waals surface area contributed by atoms with Crippen LogP contribution < -0.4 is 4.90 Å². The van der Waals surface area contributed by atoms with Crippen LogP contribution in [0.5, 0.6) is 0 Å². The molecule has 4 nitrogen and oxygen atoms in total. The van der Waals surface area contributed by atoms with Gasteiger partial charge in [0.2, 0.25) is 5.91 Å². The Hall–Kier alpha value is -4.52. The van der Waals surface area contributed by atoms with E-state index in [1.165, 1.54) is 30.3 Å². The number of rotatable bonds is 7. The first-order chi connectivity index (χ1) is 20.0. The molecule has 1 unspecified atom stereocenters. The smallest absolute Gasteiger partial charge is 0.223 e. The Morgan fingerprint density at radius 2 is 1.37 bits per heavy atom. The van der Waals surface area contributed by atoms with Crippen LogP contribution in [0, 0.1) is 17.5 Å². The molecule has 0 radical (unpaired) electrons. The van der Waals surface area contributed by atoms with E-state index in [1.807, 2.05) is 40.1 Å². The first kappa shape index (κ1) is 26.7. The first-order valence-electron chi connectivity index (χ1n) is 13.8. The third-order valence-corrected chi connectivity index (χ3v) is 7.94. The summed E-state index contributed by atoms with van der Waals surface area (Å²) in [7, 11) is 0. The van der Waals surface area contributed by atoms with Crippen molar-refractivity contribution in [3.8, 4) is 0 Å². The Morgan fingerprint density at radius 3 is 2.07 bits per heavy atom. The van der Waals surface area contributed by atoms with Crippen molar-refractivity contribution in [3.63, 3.8) is 0 Å². The molecule has 1 aliphatic heterocycles. The summed E-state index contributed by atoms with van der Waals surface area (Å²) in [6.45, 7) is 2.63. The van der Waals surface area contributed by atoms with E-state index in [4.69, 9.17) is 0 Å². The van der Waals surface area contributed by atoms with Gasteiger partial charge in [-0.2, -0.15) is 0 Å². The van der Waals surface area contributed by atoms with Gasteiger partial charge in [0, 0.05) is 62.2 Å². The summed E-state index contributed by atoms with van der Waals surface area (Å²) >= 11 is 0. The van der Waals surface area contributed by atoms with Crippen LogP contribution in [-0.4, -0.2) is 41.6 Å². The highest BCUT2D eigenvalue weighted by molar-refractivity contribution is 5.87. The molecule has 0 N–H and O–H groups in total. The standard InChI is InChI=1S/C34H30F3N3O/c35-26-13-9-24(10-14-26)22-40-23-30(28-5-1-3-7-32(28)40)29(25-11-15-27(36)16-12-25)21-34(41)39-19-17-38(18-20-39)33-8-4-2-6-31(33)37/h1-16,23,29H,17-22H2. The summed E-state index contributed by atoms with van der Waals surface area (Å²) in [6.07, 6.45) is 2.28. The molecule has 1 amide bonds. The molecule has 1 aromatic heterocycles. The maximum absolute atomic E-state index is 14.3. The number of carbonyl (C=O) groups excluding carboxylic acids is 1. The van der Waals surface area contributed by atoms with Crippen molar-refractivity contribution < 1.29 is 18.0 Å². The third-order valence-electron chi connectivity index (χ3n) is 7.94. The average Bonchev–Trinajstić information content (AvgIpc) is 3.36. The summed E-state index contributed by atoms with van der Waals surface area (Å²) in [5, 5.41) is 1.01. The maximum atomic E-state index is 14.3. The van der Waals surface area contributed by atoms with E-state index in [-0.39, 0.29) is 35.7 Å². The molecule has 1 aliphatic rings. The zero-order valence-electron chi connectivity index (χ0n) is 22.5. The van der Waals surface area contributed by atoms with Crippen LogP contribution in [0.3, 0.4) is 0 Å². The monoisotopic (exact) mass is 553 g/mol. The SMILES string of the molecule is O=C(CC(c1ccc(F)cc1)c1cn(Cc2ccc(F)cc2)c2ccccc12)N1CCN(c2ccccc2F)CC1. The first-order valence-corrected chi connectivity index (χ1v) is 13.8. The van der Waals surface area contributed by atoms with Crippen molar-refractivity contribution in [3.05, 3.63) is 137 Å². The Morgan fingerprint density at radius 1 is 0.732 bits per heavy atom. The van der Waals surface area contributed by atoms with Gasteiger partial charge in [0.1, 0.15) is 17.5 Å². The van der Waals surface area contributed by atoms with Crippen LogP contribution in [0.1, 0.15) is 29.0 Å². The second kappa shape index (κ2) is 11.5. The largest absolute Gasteiger partial charge is 0.366 e. The van der Waals surface area contributed by atoms with E-state index in [1.54, 1.807) is 36.4 Å². The number of para-hydroxylation sites is 2. The van der Waals surface area contributed by atoms with Crippen molar-refractivity contribution in [2.45, 2.75) is 18.9 Å². The van der Waals surface area contributed by atoms with Gasteiger partial charge in [0.05, 0.1) is 5.69 Å². The number of fused-ring (bicyclic) bond motifs is 1. The quantitative estimate of drug-likeness (QED) is 0.218. The number of piperazine rings is 1. The highest BCUT2D eigenvalue weighted by Gasteiger charge is 2.28. The van der Waals surface area contributed by atoms with E-state index in [9.17, 15) is 18.0 Å². The van der Waals surface area contributed by atoms with E-state index >= 15 is 0 Å². The normalized spacial score (nSPS) is 14.4. The topological polar surface area (TPSA) is 28.5 Å². The molecule has 7 heteroatoms. The lowest BCUT2D eigenvalue weighted by molar-refractivity contribution is -0.131. The number of nitrogens with zero attached hydrogens (tertiary/aromatic N) is 3. The van der Waals surface area contributed by atoms with Crippen LogP contribution in [-0.2, 0) is 11.3 Å². The van der Waals surface area contributed by atoms with Gasteiger partial charge in [-0.25, -0.2) is 13.2 Å². The van der Waals surface area contributed by atoms with Crippen molar-refractivity contribution in [2.24, 2.45) is 0 Å². The van der Waals surface area contributed by atoms with Crippen LogP contribution in [0.15, 0.2) is 103 Å². The number of benzene rings is 4. The summed E-state index contributed by atoms with van der Waals surface area (Å²) in [5.74, 6) is -1.17. The second-order valence-electron chi connectivity index (χ2n) is 10.5. The average molecular weight is 554 g/mol. The Kier molecular flexibility index (Phi) is 7.51. The van der Waals surface area contributed by atoms with Crippen LogP contribution >= 0.6 is 0 Å². The fraction of sp³-hybridized carbons (Fsp3) is 0.206. The fourth-order valence-electron chi connectivity index (χ4n) is 5.78. The fourth-order valence-corrected chi connectivity index (χ4v) is 5.78. The third kappa shape index (κ3) is 5.71. The van der Waals surface area contributed by atoms with E-state index in [2.05, 4.69) is 10.8 Å². The lowest BCUT2D eigenvalue weighted by Gasteiger charge is -2.36. The van der Waals surface area contributed by atoms with Crippen LogP contribution in [0.2, 0.25) is 0 Å². The number of amides is 1. The van der Waals surface area contributed by atoms with E-state index < -0.39 is 0 Å². The molecule has 1 fully saturated rings. The maximum Gasteiger partial charge on any atom is 0.223 e. The van der Waals surface area contributed by atoms with E-state index in [0.29, 0.717) is 38.4 Å². The lowest BCUT2D eigenvalue weighted by Crippen LogP contribution is -2.49. The van der Waals surface area contributed by atoms with Gasteiger partial charge >= 0.3 is 0 Å². The van der Waals surface area contributed by atoms with E-state index in [0.717, 1.165) is 27.6 Å². The molecule has 2 heterocycles. The molecule has 0 bridgehead atoms. The molecule has 0 aliphatic carbocycles. The van der Waals surface area contributed by atoms with Crippen LogP contribution in [0.25, 0.3) is 10.9 Å². The molecule has 41 heavy (non-hydrogen) atoms. The molecule has 4 aromatic carbocycles. The Bertz CT molecular complexity index is 1660. The zero-order valence-corrected chi connectivity index (χ0v) is 22.5. The van der Waals surface area contributed by atoms with Gasteiger partial charge < -0.3 is 14.4 Å². The number of anilines is 1. The molecule has 0 spiro atoms. The van der Waals surface area contributed by atoms with Crippen molar-refractivity contribution in [2.75, 3.05) is 31.1 Å². The lowest BCUT2D eigenvalue weighted by atomic mass is 9.87. The number of aromatic nitrogens is 1. The summed E-state index contributed by atoms with van der Waals surface area (Å²) in [5.41, 5.74) is 4.35. The Labute approximate surface area is 237 Å². The van der Waals surface area contributed by atoms with Gasteiger partial charge in [-0.15, -0.1) is 0 Å². The predicted octanol–water partition coefficient (Wildman–Crippen LogP) is 6.98. The zero-order chi connectivity index (χ0) is 28.3. The number of carbonyl (C=O) groups is 1. The van der Waals surface area contributed by atoms with Crippen molar-refractivity contribution in [1.29, 1.82) is 0 Å². The number of hydrogen-bond donors (Lipinski definition) is 0. The molecule has 5 aromatic rings. The predicted molar refractivity (Wildman–Crippen MR) is 155 cm³/mol. The van der Waals surface area contributed by atoms with Crippen molar-refractivity contribution in [1.82, 2.24) is 9.47 Å². The molecular formula is C34H30F3N3O. The minimum atomic E-state index is -0.332. The molecule has 0 saturated carbocycles. The van der Waals surface area contributed by atoms with Crippen LogP contribution in [0.4, 0.5) is 18.9 Å². The Balaban J connectivity index is 1.29. The highest BCUT2D eigenvalue weighted by Crippen LogP contribution is 2.36. The van der Waals surface area contributed by atoms with Gasteiger partial charge in [0.15, 0.2) is 0 Å².